The van der Waals surface area contributed by atoms with Crippen LogP contribution in [-0.2, 0) is 5.41 Å². The van der Waals surface area contributed by atoms with Crippen LogP contribution in [0.4, 0.5) is 8.78 Å². The van der Waals surface area contributed by atoms with E-state index in [4.69, 9.17) is 9.47 Å². The molecule has 0 aromatic heterocycles. The number of rotatable bonds is 5. The normalized spacial score (nSPS) is 14.0. The Bertz CT molecular complexity index is 1090. The molecule has 1 aliphatic heterocycles. The number of hydrogen-bond acceptors (Lipinski definition) is 2. The summed E-state index contributed by atoms with van der Waals surface area (Å²) in [5.41, 5.74) is 3.60. The summed E-state index contributed by atoms with van der Waals surface area (Å²) in [6.07, 6.45) is -1.46. The van der Waals surface area contributed by atoms with Crippen molar-refractivity contribution >= 4 is 5.57 Å². The Morgan fingerprint density at radius 2 is 1.47 bits per heavy atom. The minimum Gasteiger partial charge on any atom is -0.486 e. The maximum absolute atomic E-state index is 14.2. The first-order valence-electron chi connectivity index (χ1n) is 10.9. The van der Waals surface area contributed by atoms with Crippen molar-refractivity contribution < 1.29 is 18.3 Å². The van der Waals surface area contributed by atoms with Crippen LogP contribution >= 0.6 is 0 Å². The van der Waals surface area contributed by atoms with Gasteiger partial charge in [0.15, 0.2) is 11.5 Å². The minimum absolute atomic E-state index is 0.0333. The van der Waals surface area contributed by atoms with E-state index in [-0.39, 0.29) is 23.3 Å². The van der Waals surface area contributed by atoms with Gasteiger partial charge in [-0.15, -0.1) is 0 Å². The van der Waals surface area contributed by atoms with E-state index in [1.807, 2.05) is 60.7 Å². The summed E-state index contributed by atoms with van der Waals surface area (Å²) in [5.74, 6) is 1.11. The van der Waals surface area contributed by atoms with Crippen LogP contribution in [0.5, 0.6) is 11.5 Å². The van der Waals surface area contributed by atoms with Crippen LogP contribution in [0.1, 0.15) is 55.4 Å². The quantitative estimate of drug-likeness (QED) is 0.412. The Morgan fingerprint density at radius 1 is 0.812 bits per heavy atom. The molecule has 0 N–H and O–H groups in total. The molecule has 32 heavy (non-hydrogen) atoms. The van der Waals surface area contributed by atoms with Crippen molar-refractivity contribution in [2.75, 3.05) is 13.2 Å². The summed E-state index contributed by atoms with van der Waals surface area (Å²) in [5, 5.41) is 0. The van der Waals surface area contributed by atoms with Crippen LogP contribution in [0.3, 0.4) is 0 Å². The molecule has 1 atom stereocenters. The summed E-state index contributed by atoms with van der Waals surface area (Å²) in [6.45, 7) is 7.33. The monoisotopic (exact) mass is 434 g/mol. The molecule has 0 saturated carbocycles. The summed E-state index contributed by atoms with van der Waals surface area (Å²) < 4.78 is 39.8. The van der Waals surface area contributed by atoms with Gasteiger partial charge < -0.3 is 9.47 Å². The third kappa shape index (κ3) is 4.85. The Morgan fingerprint density at radius 3 is 2.09 bits per heavy atom. The molecule has 2 nitrogen and oxygen atoms in total. The van der Waals surface area contributed by atoms with Gasteiger partial charge in [-0.05, 0) is 46.2 Å². The first-order chi connectivity index (χ1) is 15.3. The largest absolute Gasteiger partial charge is 0.486 e. The average Bonchev–Trinajstić information content (AvgIpc) is 2.79. The molecule has 1 unspecified atom stereocenters. The van der Waals surface area contributed by atoms with Gasteiger partial charge in [-0.2, -0.15) is 8.78 Å². The highest BCUT2D eigenvalue weighted by molar-refractivity contribution is 5.68. The van der Waals surface area contributed by atoms with Gasteiger partial charge in [-0.25, -0.2) is 0 Å². The van der Waals surface area contributed by atoms with E-state index in [1.54, 1.807) is 12.1 Å². The Labute approximate surface area is 188 Å². The van der Waals surface area contributed by atoms with E-state index in [2.05, 4.69) is 20.8 Å². The summed E-state index contributed by atoms with van der Waals surface area (Å²) in [7, 11) is 0. The van der Waals surface area contributed by atoms with Crippen molar-refractivity contribution in [3.8, 4) is 11.5 Å². The van der Waals surface area contributed by atoms with E-state index in [0.717, 1.165) is 16.7 Å². The second-order valence-corrected chi connectivity index (χ2v) is 9.14. The van der Waals surface area contributed by atoms with Crippen molar-refractivity contribution in [1.29, 1.82) is 0 Å². The summed E-state index contributed by atoms with van der Waals surface area (Å²) in [6, 6.07) is 23.0. The smallest absolute Gasteiger partial charge is 0.274 e. The molecule has 0 saturated heterocycles. The van der Waals surface area contributed by atoms with Crippen molar-refractivity contribution in [3.63, 3.8) is 0 Å². The fourth-order valence-corrected chi connectivity index (χ4v) is 4.07. The van der Waals surface area contributed by atoms with E-state index in [1.165, 1.54) is 0 Å². The van der Waals surface area contributed by atoms with Crippen molar-refractivity contribution in [3.05, 3.63) is 101 Å². The Kier molecular flexibility index (Phi) is 6.31. The molecule has 0 spiro atoms. The molecule has 0 amide bonds. The molecular weight excluding hydrogens is 406 g/mol. The number of benzene rings is 3. The van der Waals surface area contributed by atoms with Crippen molar-refractivity contribution in [2.45, 2.75) is 38.5 Å². The standard InChI is InChI=1S/C28H28F2O2/c1-28(2,3)22-12-9-20(10-13-22)24(27(29)30)18-23(19-7-5-4-6-8-19)21-11-14-25-26(17-21)32-16-15-31-25/h4-14,17,23H,15-16,18H2,1-3H3. The van der Waals surface area contributed by atoms with E-state index in [9.17, 15) is 8.78 Å². The third-order valence-electron chi connectivity index (χ3n) is 5.91. The zero-order valence-corrected chi connectivity index (χ0v) is 18.7. The second kappa shape index (κ2) is 9.15. The van der Waals surface area contributed by atoms with Crippen LogP contribution < -0.4 is 9.47 Å². The van der Waals surface area contributed by atoms with Crippen LogP contribution in [-0.4, -0.2) is 13.2 Å². The maximum Gasteiger partial charge on any atom is 0.274 e. The lowest BCUT2D eigenvalue weighted by Gasteiger charge is -2.24. The number of allylic oxidation sites excluding steroid dienone is 1. The number of ether oxygens (including phenoxy) is 2. The lowest BCUT2D eigenvalue weighted by molar-refractivity contribution is 0.171. The molecule has 4 heteroatoms. The zero-order chi connectivity index (χ0) is 22.7. The molecule has 1 aliphatic rings. The maximum atomic E-state index is 14.2. The Hall–Kier alpha value is -3.14. The molecule has 0 aliphatic carbocycles. The van der Waals surface area contributed by atoms with Gasteiger partial charge in [-0.3, -0.25) is 0 Å². The molecule has 0 radical (unpaired) electrons. The van der Waals surface area contributed by atoms with E-state index >= 15 is 0 Å². The minimum atomic E-state index is -1.65. The second-order valence-electron chi connectivity index (χ2n) is 9.14. The van der Waals surface area contributed by atoms with Gasteiger partial charge in [-0.1, -0.05) is 81.4 Å². The van der Waals surface area contributed by atoms with E-state index < -0.39 is 6.08 Å². The van der Waals surface area contributed by atoms with Gasteiger partial charge in [0.2, 0.25) is 0 Å². The molecule has 166 valence electrons. The highest BCUT2D eigenvalue weighted by atomic mass is 19.3. The lowest BCUT2D eigenvalue weighted by Crippen LogP contribution is -2.15. The summed E-state index contributed by atoms with van der Waals surface area (Å²) >= 11 is 0. The van der Waals surface area contributed by atoms with Crippen LogP contribution in [0.15, 0.2) is 78.9 Å². The van der Waals surface area contributed by atoms with Crippen LogP contribution in [0.25, 0.3) is 5.57 Å². The number of fused-ring (bicyclic) bond motifs is 1. The molecule has 3 aromatic carbocycles. The van der Waals surface area contributed by atoms with Gasteiger partial charge in [0, 0.05) is 11.5 Å². The third-order valence-corrected chi connectivity index (χ3v) is 5.91. The molecule has 3 aromatic rings. The topological polar surface area (TPSA) is 18.5 Å². The molecule has 0 bridgehead atoms. The van der Waals surface area contributed by atoms with Crippen molar-refractivity contribution in [2.24, 2.45) is 0 Å². The number of hydrogen-bond donors (Lipinski definition) is 0. The Balaban J connectivity index is 1.72. The summed E-state index contributed by atoms with van der Waals surface area (Å²) in [4.78, 5) is 0. The van der Waals surface area contributed by atoms with Crippen LogP contribution in [0, 0.1) is 0 Å². The predicted molar refractivity (Wildman–Crippen MR) is 125 cm³/mol. The zero-order valence-electron chi connectivity index (χ0n) is 18.7. The fourth-order valence-electron chi connectivity index (χ4n) is 4.07. The highest BCUT2D eigenvalue weighted by Crippen LogP contribution is 2.40. The van der Waals surface area contributed by atoms with Crippen LogP contribution in [0.2, 0.25) is 0 Å². The fraction of sp³-hybridized carbons (Fsp3) is 0.286. The van der Waals surface area contributed by atoms with E-state index in [0.29, 0.717) is 30.3 Å². The molecular formula is C28H28F2O2. The van der Waals surface area contributed by atoms with Gasteiger partial charge in [0.05, 0.1) is 0 Å². The first-order valence-corrected chi connectivity index (χ1v) is 10.9. The van der Waals surface area contributed by atoms with Crippen molar-refractivity contribution in [1.82, 2.24) is 0 Å². The molecule has 4 rings (SSSR count). The lowest BCUT2D eigenvalue weighted by atomic mass is 9.82. The number of halogens is 2. The highest BCUT2D eigenvalue weighted by Gasteiger charge is 2.23. The first kappa shape index (κ1) is 22.1. The van der Waals surface area contributed by atoms with Gasteiger partial charge in [0.1, 0.15) is 13.2 Å². The molecule has 0 fully saturated rings. The average molecular weight is 435 g/mol. The molecule has 1 heterocycles. The van der Waals surface area contributed by atoms with Gasteiger partial charge >= 0.3 is 0 Å². The van der Waals surface area contributed by atoms with Gasteiger partial charge in [0.25, 0.3) is 6.08 Å². The predicted octanol–water partition coefficient (Wildman–Crippen LogP) is 7.59. The SMILES string of the molecule is CC(C)(C)c1ccc(C(CC(c2ccccc2)c2ccc3c(c2)OCCO3)=C(F)F)cc1.